The summed E-state index contributed by atoms with van der Waals surface area (Å²) in [5.41, 5.74) is 0.844. The van der Waals surface area contributed by atoms with Crippen molar-refractivity contribution < 1.29 is 5.11 Å². The minimum atomic E-state index is -0.550. The molecule has 0 aliphatic heterocycles. The summed E-state index contributed by atoms with van der Waals surface area (Å²) in [6, 6.07) is 7.19. The third-order valence-corrected chi connectivity index (χ3v) is 4.77. The highest BCUT2D eigenvalue weighted by Gasteiger charge is 2.10. The third kappa shape index (κ3) is 4.49. The summed E-state index contributed by atoms with van der Waals surface area (Å²) in [5.74, 6) is 0.526. The van der Waals surface area contributed by atoms with E-state index in [1.807, 2.05) is 12.1 Å². The Labute approximate surface area is 130 Å². The van der Waals surface area contributed by atoms with Gasteiger partial charge in [0.1, 0.15) is 0 Å². The van der Waals surface area contributed by atoms with Crippen LogP contribution in [0.15, 0.2) is 41.3 Å². The van der Waals surface area contributed by atoms with Crippen molar-refractivity contribution in [2.24, 2.45) is 0 Å². The van der Waals surface area contributed by atoms with Gasteiger partial charge in [-0.05, 0) is 17.7 Å². The second-order valence-corrected chi connectivity index (χ2v) is 6.60. The van der Waals surface area contributed by atoms with Crippen molar-refractivity contribution in [2.45, 2.75) is 10.4 Å². The molecule has 1 atom stereocenters. The van der Waals surface area contributed by atoms with E-state index in [0.717, 1.165) is 15.0 Å². The van der Waals surface area contributed by atoms with Gasteiger partial charge in [0.25, 0.3) is 0 Å². The van der Waals surface area contributed by atoms with E-state index in [4.69, 9.17) is 11.6 Å². The Balaban J connectivity index is 1.86. The predicted molar refractivity (Wildman–Crippen MR) is 85.7 cm³/mol. The Morgan fingerprint density at radius 3 is 2.85 bits per heavy atom. The molecule has 0 amide bonds. The van der Waals surface area contributed by atoms with E-state index < -0.39 is 6.10 Å². The van der Waals surface area contributed by atoms with Gasteiger partial charge in [-0.3, -0.25) is 0 Å². The van der Waals surface area contributed by atoms with Crippen LogP contribution < -0.4 is 5.32 Å². The highest BCUT2D eigenvalue weighted by Crippen LogP contribution is 2.29. The lowest BCUT2D eigenvalue weighted by Crippen LogP contribution is -1.99. The van der Waals surface area contributed by atoms with Gasteiger partial charge in [0.2, 0.25) is 5.13 Å². The standard InChI is InChI=1S/C13H14ClN3OS2/c1-2-7-15-12-16-17-13(20-12)19-8-11(18)9-3-5-10(14)6-4-9/h2-6,11,18H,1,7-8H2,(H,15,16). The van der Waals surface area contributed by atoms with E-state index in [1.165, 1.54) is 23.1 Å². The van der Waals surface area contributed by atoms with Crippen molar-refractivity contribution in [1.29, 1.82) is 0 Å². The molecular weight excluding hydrogens is 314 g/mol. The lowest BCUT2D eigenvalue weighted by Gasteiger charge is -2.09. The van der Waals surface area contributed by atoms with Gasteiger partial charge in [-0.25, -0.2) is 0 Å². The SMILES string of the molecule is C=CCNc1nnc(SCC(O)c2ccc(Cl)cc2)s1. The number of halogens is 1. The van der Waals surface area contributed by atoms with Gasteiger partial charge in [-0.1, -0.05) is 52.9 Å². The first-order chi connectivity index (χ1) is 9.69. The molecule has 0 saturated carbocycles. The van der Waals surface area contributed by atoms with Crippen molar-refractivity contribution in [3.8, 4) is 0 Å². The number of nitrogens with zero attached hydrogens (tertiary/aromatic N) is 2. The van der Waals surface area contributed by atoms with Crippen LogP contribution in [0.3, 0.4) is 0 Å². The van der Waals surface area contributed by atoms with Crippen LogP contribution in [0.1, 0.15) is 11.7 Å². The summed E-state index contributed by atoms with van der Waals surface area (Å²) < 4.78 is 0.824. The number of anilines is 1. The van der Waals surface area contributed by atoms with Gasteiger partial charge in [0, 0.05) is 17.3 Å². The zero-order chi connectivity index (χ0) is 14.4. The molecule has 0 spiro atoms. The number of aromatic nitrogens is 2. The second-order valence-electron chi connectivity index (χ2n) is 3.92. The van der Waals surface area contributed by atoms with E-state index in [9.17, 15) is 5.11 Å². The van der Waals surface area contributed by atoms with Crippen LogP contribution in [0.4, 0.5) is 5.13 Å². The van der Waals surface area contributed by atoms with Crippen molar-refractivity contribution in [2.75, 3.05) is 17.6 Å². The van der Waals surface area contributed by atoms with Crippen LogP contribution in [-0.2, 0) is 0 Å². The molecule has 2 aromatic rings. The van der Waals surface area contributed by atoms with Gasteiger partial charge >= 0.3 is 0 Å². The molecule has 106 valence electrons. The van der Waals surface area contributed by atoms with Crippen molar-refractivity contribution >= 4 is 39.8 Å². The van der Waals surface area contributed by atoms with Crippen molar-refractivity contribution in [3.63, 3.8) is 0 Å². The lowest BCUT2D eigenvalue weighted by atomic mass is 10.1. The van der Waals surface area contributed by atoms with E-state index in [2.05, 4.69) is 22.1 Å². The lowest BCUT2D eigenvalue weighted by molar-refractivity contribution is 0.204. The average Bonchev–Trinajstić information content (AvgIpc) is 2.91. The molecule has 1 aromatic carbocycles. The highest BCUT2D eigenvalue weighted by molar-refractivity contribution is 8.01. The third-order valence-electron chi connectivity index (χ3n) is 2.42. The fourth-order valence-electron chi connectivity index (χ4n) is 1.43. The van der Waals surface area contributed by atoms with Gasteiger partial charge in [0.05, 0.1) is 6.10 Å². The topological polar surface area (TPSA) is 58.0 Å². The minimum Gasteiger partial charge on any atom is -0.388 e. The number of nitrogens with one attached hydrogen (secondary N) is 1. The maximum absolute atomic E-state index is 10.1. The summed E-state index contributed by atoms with van der Waals surface area (Å²) in [7, 11) is 0. The molecule has 1 aromatic heterocycles. The second kappa shape index (κ2) is 7.64. The number of aliphatic hydroxyl groups excluding tert-OH is 1. The zero-order valence-electron chi connectivity index (χ0n) is 10.6. The molecule has 7 heteroatoms. The first-order valence-corrected chi connectivity index (χ1v) is 8.11. The summed E-state index contributed by atoms with van der Waals surface area (Å²) in [4.78, 5) is 0. The molecule has 2 rings (SSSR count). The number of benzene rings is 1. The fourth-order valence-corrected chi connectivity index (χ4v) is 3.31. The van der Waals surface area contributed by atoms with Gasteiger partial charge in [0.15, 0.2) is 4.34 Å². The number of hydrogen-bond donors (Lipinski definition) is 2. The van der Waals surface area contributed by atoms with Crippen LogP contribution in [0.5, 0.6) is 0 Å². The maximum atomic E-state index is 10.1. The molecule has 0 aliphatic rings. The van der Waals surface area contributed by atoms with E-state index >= 15 is 0 Å². The molecule has 2 N–H and O–H groups in total. The monoisotopic (exact) mass is 327 g/mol. The fraction of sp³-hybridized carbons (Fsp3) is 0.231. The normalized spacial score (nSPS) is 12.1. The maximum Gasteiger partial charge on any atom is 0.206 e. The zero-order valence-corrected chi connectivity index (χ0v) is 13.0. The Kier molecular flexibility index (Phi) is 5.85. The number of hydrogen-bond acceptors (Lipinski definition) is 6. The Bertz CT molecular complexity index is 559. The van der Waals surface area contributed by atoms with E-state index in [-0.39, 0.29) is 0 Å². The number of aliphatic hydroxyl groups is 1. The average molecular weight is 328 g/mol. The summed E-state index contributed by atoms with van der Waals surface area (Å²) in [6.45, 7) is 4.29. The first kappa shape index (κ1) is 15.3. The molecule has 1 unspecified atom stereocenters. The van der Waals surface area contributed by atoms with Crippen molar-refractivity contribution in [3.05, 3.63) is 47.5 Å². The highest BCUT2D eigenvalue weighted by atomic mass is 35.5. The van der Waals surface area contributed by atoms with Crippen molar-refractivity contribution in [1.82, 2.24) is 10.2 Å². The van der Waals surface area contributed by atoms with E-state index in [1.54, 1.807) is 18.2 Å². The molecule has 0 bridgehead atoms. The number of rotatable bonds is 7. The molecule has 20 heavy (non-hydrogen) atoms. The molecular formula is C13H14ClN3OS2. The molecule has 0 saturated heterocycles. The molecule has 4 nitrogen and oxygen atoms in total. The quantitative estimate of drug-likeness (QED) is 0.601. The molecule has 1 heterocycles. The van der Waals surface area contributed by atoms with Crippen LogP contribution in [0.25, 0.3) is 0 Å². The number of thioether (sulfide) groups is 1. The molecule has 0 radical (unpaired) electrons. The molecule has 0 fully saturated rings. The Hall–Kier alpha value is -1.08. The largest absolute Gasteiger partial charge is 0.388 e. The minimum absolute atomic E-state index is 0.526. The van der Waals surface area contributed by atoms with Crippen LogP contribution >= 0.6 is 34.7 Å². The smallest absolute Gasteiger partial charge is 0.206 e. The predicted octanol–water partition coefficient (Wildman–Crippen LogP) is 3.62. The summed E-state index contributed by atoms with van der Waals surface area (Å²) in [6.07, 6.45) is 1.21. The van der Waals surface area contributed by atoms with Crippen LogP contribution in [0, 0.1) is 0 Å². The van der Waals surface area contributed by atoms with Gasteiger partial charge in [-0.15, -0.1) is 16.8 Å². The Morgan fingerprint density at radius 1 is 1.40 bits per heavy atom. The molecule has 0 aliphatic carbocycles. The van der Waals surface area contributed by atoms with E-state index in [0.29, 0.717) is 17.3 Å². The summed E-state index contributed by atoms with van der Waals surface area (Å²) >= 11 is 8.76. The first-order valence-electron chi connectivity index (χ1n) is 5.93. The van der Waals surface area contributed by atoms with Gasteiger partial charge in [-0.2, -0.15) is 0 Å². The Morgan fingerprint density at radius 2 is 2.15 bits per heavy atom. The summed E-state index contributed by atoms with van der Waals surface area (Å²) in [5, 5.41) is 22.6. The van der Waals surface area contributed by atoms with Crippen LogP contribution in [-0.4, -0.2) is 27.6 Å². The van der Waals surface area contributed by atoms with Gasteiger partial charge < -0.3 is 10.4 Å². The van der Waals surface area contributed by atoms with Crippen LogP contribution in [0.2, 0.25) is 5.02 Å².